The summed E-state index contributed by atoms with van der Waals surface area (Å²) in [4.78, 5) is 8.11. The normalized spacial score (nSPS) is 3.33. The van der Waals surface area contributed by atoms with Crippen molar-refractivity contribution in [1.29, 1.82) is 0 Å². The minimum absolute atomic E-state index is 1.25. The van der Waals surface area contributed by atoms with Crippen LogP contribution < -0.4 is 0 Å². The molecule has 0 amide bonds. The summed E-state index contributed by atoms with van der Waals surface area (Å²) in [5, 5.41) is 7.89. The molecule has 0 bridgehead atoms. The van der Waals surface area contributed by atoms with Gasteiger partial charge in [0.2, 0.25) is 0 Å². The van der Waals surface area contributed by atoms with Crippen molar-refractivity contribution >= 4 is 0 Å². The van der Waals surface area contributed by atoms with Gasteiger partial charge in [0.1, 0.15) is 0 Å². The molecule has 6 heavy (non-hydrogen) atoms. The van der Waals surface area contributed by atoms with Gasteiger partial charge < -0.3 is 5.21 Å². The van der Waals surface area contributed by atoms with Gasteiger partial charge in [-0.3, -0.25) is 0 Å². The second-order valence-electron chi connectivity index (χ2n) is 0.165. The Morgan fingerprint density at radius 1 is 1.50 bits per heavy atom. The molecule has 1 N–H and O–H groups in total. The molecule has 0 atom stereocenters. The third-order valence-electron chi connectivity index (χ3n) is 0. The second kappa shape index (κ2) is 22.1. The summed E-state index contributed by atoms with van der Waals surface area (Å²) < 4.78 is 17.0. The molecule has 0 saturated heterocycles. The van der Waals surface area contributed by atoms with Crippen LogP contribution in [0.3, 0.4) is 0 Å². The van der Waals surface area contributed by atoms with Gasteiger partial charge in [-0.2, -0.15) is 0 Å². The third-order valence-corrected chi connectivity index (χ3v) is 0. The molecule has 0 aliphatic heterocycles. The van der Waals surface area contributed by atoms with Crippen LogP contribution in [0.5, 0.6) is 0 Å². The first kappa shape index (κ1) is 9.21. The molecule has 34 valence electrons. The maximum absolute atomic E-state index is 8.50. The molecule has 0 rings (SSSR count). The van der Waals surface area contributed by atoms with Gasteiger partial charge in [-0.1, -0.05) is 0 Å². The molecule has 0 aliphatic rings. The van der Waals surface area contributed by atoms with Gasteiger partial charge in [0.05, 0.1) is 0 Å². The summed E-state index contributed by atoms with van der Waals surface area (Å²) in [7, 11) is 0. The van der Waals surface area contributed by atoms with E-state index in [0.717, 1.165) is 0 Å². The average molecular weight is 127 g/mol. The first-order valence-electron chi connectivity index (χ1n) is 0.791. The van der Waals surface area contributed by atoms with Crippen molar-refractivity contribution in [3.8, 4) is 0 Å². The van der Waals surface area contributed by atoms with E-state index in [2.05, 4.69) is 0 Å². The predicted molar refractivity (Wildman–Crippen MR) is 8.95 cm³/mol. The van der Waals surface area contributed by atoms with E-state index in [9.17, 15) is 0 Å². The van der Waals surface area contributed by atoms with E-state index >= 15 is 0 Å². The Labute approximate surface area is 41.9 Å². The van der Waals surface area contributed by atoms with Gasteiger partial charge in [-0.25, -0.2) is 0 Å². The molecule has 6 heteroatoms. The van der Waals surface area contributed by atoms with E-state index in [1.54, 1.807) is 0 Å². The van der Waals surface area contributed by atoms with Gasteiger partial charge >= 0.3 is 25.7 Å². The Bertz CT molecular complexity index is 52.6. The average Bonchev–Trinajstić information content (AvgIpc) is 1.39. The summed E-state index contributed by atoms with van der Waals surface area (Å²) in [6.45, 7) is 0. The van der Waals surface area contributed by atoms with E-state index in [1.165, 1.54) is 5.34 Å². The molecule has 0 aromatic rings. The Balaban J connectivity index is 0. The fourth-order valence-corrected chi connectivity index (χ4v) is 0. The van der Waals surface area contributed by atoms with E-state index in [-0.39, 0.29) is 0 Å². The van der Waals surface area contributed by atoms with Crippen molar-refractivity contribution in [2.24, 2.45) is 5.34 Å². The zero-order chi connectivity index (χ0) is 5.41. The molecular weight excluding hydrogens is 126 g/mol. The van der Waals surface area contributed by atoms with Crippen LogP contribution in [0.25, 0.3) is 0 Å². The van der Waals surface area contributed by atoms with Crippen molar-refractivity contribution in [1.82, 2.24) is 0 Å². The van der Waals surface area contributed by atoms with Crippen LogP contribution in [0.2, 0.25) is 0 Å². The predicted octanol–water partition coefficient (Wildman–Crippen LogP) is -0.0981. The van der Waals surface area contributed by atoms with E-state index in [0.29, 0.717) is 0 Å². The fourth-order valence-electron chi connectivity index (χ4n) is 0. The summed E-state index contributed by atoms with van der Waals surface area (Å²) >= 11 is -2.00. The molecule has 0 saturated carbocycles. The Morgan fingerprint density at radius 3 is 1.50 bits per heavy atom. The van der Waals surface area contributed by atoms with Crippen LogP contribution in [-0.4, -0.2) is 5.21 Å². The van der Waals surface area contributed by atoms with Crippen LogP contribution in [0.1, 0.15) is 0 Å². The number of hydrogen-bond donors (Lipinski definition) is 1. The molecule has 0 aromatic heterocycles. The van der Waals surface area contributed by atoms with E-state index in [4.69, 9.17) is 16.8 Å². The van der Waals surface area contributed by atoms with Gasteiger partial charge in [-0.05, 0) is 0 Å². The van der Waals surface area contributed by atoms with E-state index in [1.807, 2.05) is 0 Å². The fraction of sp³-hybridized carbons (Fsp3) is 0. The molecule has 5 nitrogen and oxygen atoms in total. The van der Waals surface area contributed by atoms with Crippen molar-refractivity contribution in [2.75, 3.05) is 0 Å². The van der Waals surface area contributed by atoms with E-state index < -0.39 is 19.1 Å². The van der Waals surface area contributed by atoms with Gasteiger partial charge in [0, 0.05) is 0 Å². The Hall–Kier alpha value is -0.286. The topological polar surface area (TPSA) is 83.8 Å². The van der Waals surface area contributed by atoms with Crippen LogP contribution in [0.4, 0.5) is 0 Å². The summed E-state index contributed by atoms with van der Waals surface area (Å²) in [6.07, 6.45) is 0. The van der Waals surface area contributed by atoms with Gasteiger partial charge in [0.25, 0.3) is 0 Å². The van der Waals surface area contributed by atoms with Crippen molar-refractivity contribution in [3.05, 3.63) is 4.91 Å². The van der Waals surface area contributed by atoms with Crippen LogP contribution in [0, 0.1) is 4.91 Å². The standard InChI is InChI=1S/HNO2.2O.Ti/c2-1-3;;;/h(H,2,3);;;. The molecular formula is HNO4Ti. The summed E-state index contributed by atoms with van der Waals surface area (Å²) in [5.41, 5.74) is 0. The van der Waals surface area contributed by atoms with Crippen molar-refractivity contribution < 1.29 is 30.9 Å². The molecule has 0 aromatic carbocycles. The number of nitrogens with zero attached hydrogens (tertiary/aromatic N) is 1. The third kappa shape index (κ3) is 335. The Morgan fingerprint density at radius 2 is 1.50 bits per heavy atom. The van der Waals surface area contributed by atoms with Crippen LogP contribution in [-0.2, 0) is 25.7 Å². The second-order valence-corrected chi connectivity index (χ2v) is 0.425. The molecule has 0 unspecified atom stereocenters. The first-order valence-corrected chi connectivity index (χ1v) is 2.07. The molecule has 0 aliphatic carbocycles. The van der Waals surface area contributed by atoms with Crippen LogP contribution in [0.15, 0.2) is 5.34 Å². The minimum atomic E-state index is -2.00. The quantitative estimate of drug-likeness (QED) is 0.279. The molecule has 0 radical (unpaired) electrons. The molecule has 0 heterocycles. The SMILES string of the molecule is O=NO.[O]=[Ti]=[O]. The molecule has 0 spiro atoms. The number of hydrogen-bond acceptors (Lipinski definition) is 4. The van der Waals surface area contributed by atoms with Crippen LogP contribution >= 0.6 is 0 Å². The van der Waals surface area contributed by atoms with Crippen molar-refractivity contribution in [2.45, 2.75) is 0 Å². The Kier molecular flexibility index (Phi) is 34.0. The summed E-state index contributed by atoms with van der Waals surface area (Å²) in [6, 6.07) is 0. The zero-order valence-electron chi connectivity index (χ0n) is 2.62. The van der Waals surface area contributed by atoms with Crippen molar-refractivity contribution in [3.63, 3.8) is 0 Å². The zero-order valence-corrected chi connectivity index (χ0v) is 4.18. The number of rotatable bonds is 0. The summed E-state index contributed by atoms with van der Waals surface area (Å²) in [5.74, 6) is 0. The first-order chi connectivity index (χ1) is 2.83. The van der Waals surface area contributed by atoms with Gasteiger partial charge in [0.15, 0.2) is 5.34 Å². The molecule has 0 fully saturated rings. The monoisotopic (exact) mass is 127 g/mol. The van der Waals surface area contributed by atoms with Gasteiger partial charge in [-0.15, -0.1) is 4.91 Å². The maximum atomic E-state index is 8.50.